The molecule has 1 aliphatic rings. The van der Waals surface area contributed by atoms with Gasteiger partial charge in [0.25, 0.3) is 0 Å². The minimum atomic E-state index is 0.190. The number of aromatic nitrogens is 2. The van der Waals surface area contributed by atoms with Crippen molar-refractivity contribution in [2.24, 2.45) is 11.8 Å². The number of hydrogen-bond donors (Lipinski definition) is 0. The quantitative estimate of drug-likeness (QED) is 0.796. The van der Waals surface area contributed by atoms with Gasteiger partial charge in [0.1, 0.15) is 5.51 Å². The molecule has 0 aliphatic heterocycles. The fraction of sp³-hybridized carbons (Fsp3) is 0.700. The van der Waals surface area contributed by atoms with Crippen molar-refractivity contribution < 1.29 is 0 Å². The second-order valence-corrected chi connectivity index (χ2v) is 6.33. The highest BCUT2D eigenvalue weighted by Gasteiger charge is 2.30. The molecule has 0 bridgehead atoms. The fourth-order valence-corrected chi connectivity index (χ4v) is 4.09. The SMILES string of the molecule is CC1CCC(C#N)C(Sc2nncs2)C1. The lowest BCUT2D eigenvalue weighted by atomic mass is 9.83. The van der Waals surface area contributed by atoms with Gasteiger partial charge in [0.2, 0.25) is 0 Å². The lowest BCUT2D eigenvalue weighted by Gasteiger charge is -2.29. The molecule has 1 aliphatic carbocycles. The molecule has 80 valence electrons. The Labute approximate surface area is 97.9 Å². The predicted octanol–water partition coefficient (Wildman–Crippen LogP) is 2.96. The first-order valence-corrected chi connectivity index (χ1v) is 6.88. The largest absolute Gasteiger partial charge is 0.198 e. The Bertz CT molecular complexity index is 344. The van der Waals surface area contributed by atoms with Crippen molar-refractivity contribution in [1.82, 2.24) is 10.2 Å². The van der Waals surface area contributed by atoms with Gasteiger partial charge in [-0.25, -0.2) is 0 Å². The van der Waals surface area contributed by atoms with Crippen molar-refractivity contribution in [3.05, 3.63) is 5.51 Å². The van der Waals surface area contributed by atoms with Gasteiger partial charge < -0.3 is 0 Å². The second-order valence-electron chi connectivity index (χ2n) is 4.01. The van der Waals surface area contributed by atoms with Crippen molar-refractivity contribution in [2.45, 2.75) is 35.8 Å². The van der Waals surface area contributed by atoms with E-state index in [0.717, 1.165) is 23.1 Å². The molecule has 0 radical (unpaired) electrons. The number of thioether (sulfide) groups is 1. The molecular weight excluding hydrogens is 226 g/mol. The number of rotatable bonds is 2. The zero-order valence-electron chi connectivity index (χ0n) is 8.59. The third-order valence-electron chi connectivity index (χ3n) is 2.81. The summed E-state index contributed by atoms with van der Waals surface area (Å²) in [7, 11) is 0. The predicted molar refractivity (Wildman–Crippen MR) is 61.7 cm³/mol. The Hall–Kier alpha value is -0.600. The van der Waals surface area contributed by atoms with E-state index >= 15 is 0 Å². The van der Waals surface area contributed by atoms with Crippen LogP contribution in [0.2, 0.25) is 0 Å². The Morgan fingerprint density at radius 3 is 3.13 bits per heavy atom. The summed E-state index contributed by atoms with van der Waals surface area (Å²) in [5, 5.41) is 17.3. The van der Waals surface area contributed by atoms with Gasteiger partial charge in [0, 0.05) is 5.25 Å². The van der Waals surface area contributed by atoms with Gasteiger partial charge in [-0.3, -0.25) is 0 Å². The number of nitriles is 1. The van der Waals surface area contributed by atoms with E-state index in [1.165, 1.54) is 6.42 Å². The van der Waals surface area contributed by atoms with Crippen LogP contribution in [0.15, 0.2) is 9.85 Å². The van der Waals surface area contributed by atoms with Crippen LogP contribution < -0.4 is 0 Å². The monoisotopic (exact) mass is 239 g/mol. The van der Waals surface area contributed by atoms with E-state index in [2.05, 4.69) is 23.2 Å². The van der Waals surface area contributed by atoms with E-state index in [1.54, 1.807) is 28.6 Å². The molecule has 1 saturated carbocycles. The highest BCUT2D eigenvalue weighted by molar-refractivity contribution is 8.01. The smallest absolute Gasteiger partial charge is 0.174 e. The summed E-state index contributed by atoms with van der Waals surface area (Å²) < 4.78 is 0.995. The summed E-state index contributed by atoms with van der Waals surface area (Å²) >= 11 is 3.29. The van der Waals surface area contributed by atoms with Crippen LogP contribution in [0.3, 0.4) is 0 Å². The minimum Gasteiger partial charge on any atom is -0.198 e. The van der Waals surface area contributed by atoms with E-state index in [0.29, 0.717) is 5.25 Å². The number of nitrogens with zero attached hydrogens (tertiary/aromatic N) is 3. The van der Waals surface area contributed by atoms with Crippen LogP contribution in [-0.4, -0.2) is 15.4 Å². The van der Waals surface area contributed by atoms with Crippen molar-refractivity contribution in [1.29, 1.82) is 5.26 Å². The normalized spacial score (nSPS) is 31.1. The molecule has 1 heterocycles. The Morgan fingerprint density at radius 2 is 2.47 bits per heavy atom. The standard InChI is InChI=1S/C10H13N3S2/c1-7-2-3-8(5-11)9(4-7)15-10-13-12-6-14-10/h6-9H,2-4H2,1H3. The van der Waals surface area contributed by atoms with Gasteiger partial charge in [0.15, 0.2) is 4.34 Å². The van der Waals surface area contributed by atoms with E-state index in [9.17, 15) is 0 Å². The fourth-order valence-electron chi connectivity index (χ4n) is 1.95. The maximum absolute atomic E-state index is 9.08. The minimum absolute atomic E-state index is 0.190. The molecule has 1 aromatic rings. The van der Waals surface area contributed by atoms with Gasteiger partial charge in [-0.2, -0.15) is 5.26 Å². The van der Waals surface area contributed by atoms with Gasteiger partial charge in [-0.1, -0.05) is 30.0 Å². The first kappa shape index (κ1) is 10.9. The third kappa shape index (κ3) is 2.70. The summed E-state index contributed by atoms with van der Waals surface area (Å²) in [6, 6.07) is 2.42. The first-order valence-electron chi connectivity index (χ1n) is 5.12. The molecule has 5 heteroatoms. The molecule has 0 N–H and O–H groups in total. The Balaban J connectivity index is 2.02. The number of hydrogen-bond acceptors (Lipinski definition) is 5. The molecule has 0 spiro atoms. The summed E-state index contributed by atoms with van der Waals surface area (Å²) in [5.74, 6) is 0.926. The molecular formula is C10H13N3S2. The zero-order valence-corrected chi connectivity index (χ0v) is 10.2. The van der Waals surface area contributed by atoms with E-state index < -0.39 is 0 Å². The van der Waals surface area contributed by atoms with Crippen LogP contribution in [0, 0.1) is 23.2 Å². The van der Waals surface area contributed by atoms with Crippen molar-refractivity contribution in [3.63, 3.8) is 0 Å². The lowest BCUT2D eigenvalue weighted by Crippen LogP contribution is -2.24. The molecule has 3 unspecified atom stereocenters. The molecule has 3 atom stereocenters. The van der Waals surface area contributed by atoms with Crippen molar-refractivity contribution in [3.8, 4) is 6.07 Å². The topological polar surface area (TPSA) is 49.6 Å². The molecule has 2 rings (SSSR count). The summed E-state index contributed by atoms with van der Waals surface area (Å²) in [6.45, 7) is 2.27. The van der Waals surface area contributed by atoms with Gasteiger partial charge in [-0.05, 0) is 25.2 Å². The van der Waals surface area contributed by atoms with Gasteiger partial charge >= 0.3 is 0 Å². The summed E-state index contributed by atoms with van der Waals surface area (Å²) in [6.07, 6.45) is 3.35. The molecule has 0 saturated heterocycles. The lowest BCUT2D eigenvalue weighted by molar-refractivity contribution is 0.345. The molecule has 1 aromatic heterocycles. The zero-order chi connectivity index (χ0) is 10.7. The average Bonchev–Trinajstić information content (AvgIpc) is 2.71. The maximum Gasteiger partial charge on any atom is 0.174 e. The molecule has 0 aromatic carbocycles. The highest BCUT2D eigenvalue weighted by Crippen LogP contribution is 2.39. The first-order chi connectivity index (χ1) is 7.29. The highest BCUT2D eigenvalue weighted by atomic mass is 32.2. The molecule has 15 heavy (non-hydrogen) atoms. The van der Waals surface area contributed by atoms with Gasteiger partial charge in [-0.15, -0.1) is 10.2 Å². The van der Waals surface area contributed by atoms with Crippen LogP contribution in [-0.2, 0) is 0 Å². The average molecular weight is 239 g/mol. The van der Waals surface area contributed by atoms with Crippen molar-refractivity contribution >= 4 is 23.1 Å². The maximum atomic E-state index is 9.08. The Morgan fingerprint density at radius 1 is 1.60 bits per heavy atom. The third-order valence-corrected chi connectivity index (χ3v) is 4.98. The van der Waals surface area contributed by atoms with Crippen LogP contribution >= 0.6 is 23.1 Å². The summed E-state index contributed by atoms with van der Waals surface area (Å²) in [5.41, 5.74) is 1.75. The van der Waals surface area contributed by atoms with Gasteiger partial charge in [0.05, 0.1) is 12.0 Å². The summed E-state index contributed by atoms with van der Waals surface area (Å²) in [4.78, 5) is 0. The van der Waals surface area contributed by atoms with E-state index in [1.807, 2.05) is 0 Å². The molecule has 1 fully saturated rings. The van der Waals surface area contributed by atoms with E-state index in [4.69, 9.17) is 5.26 Å². The van der Waals surface area contributed by atoms with Crippen LogP contribution in [0.1, 0.15) is 26.2 Å². The van der Waals surface area contributed by atoms with Crippen molar-refractivity contribution in [2.75, 3.05) is 0 Å². The van der Waals surface area contributed by atoms with Crippen LogP contribution in [0.25, 0.3) is 0 Å². The molecule has 3 nitrogen and oxygen atoms in total. The Kier molecular flexibility index (Phi) is 3.60. The van der Waals surface area contributed by atoms with E-state index in [-0.39, 0.29) is 5.92 Å². The second kappa shape index (κ2) is 4.95. The molecule has 0 amide bonds. The van der Waals surface area contributed by atoms with Crippen LogP contribution in [0.4, 0.5) is 0 Å². The van der Waals surface area contributed by atoms with Crippen LogP contribution in [0.5, 0.6) is 0 Å².